The molecule has 11 rings (SSSR count). The molecule has 3 aliphatic carbocycles. The fourth-order valence-corrected chi connectivity index (χ4v) is 13.2. The van der Waals surface area contributed by atoms with Gasteiger partial charge < -0.3 is 48.5 Å². The van der Waals surface area contributed by atoms with Crippen molar-refractivity contribution in [2.45, 2.75) is 187 Å². The molecule has 472 valence electrons. The molecule has 87 heavy (non-hydrogen) atoms. The van der Waals surface area contributed by atoms with Gasteiger partial charge in [-0.15, -0.1) is 10.2 Å². The highest BCUT2D eigenvalue weighted by molar-refractivity contribution is 7.54. The summed E-state index contributed by atoms with van der Waals surface area (Å²) >= 11 is 14.4. The van der Waals surface area contributed by atoms with Crippen LogP contribution in [0.1, 0.15) is 157 Å². The number of methoxy groups -OCH3 is 1. The summed E-state index contributed by atoms with van der Waals surface area (Å²) in [5.41, 5.74) is 0.290. The summed E-state index contributed by atoms with van der Waals surface area (Å²) in [7, 11) is -0.320. The smallest absolute Gasteiger partial charge is 0.526 e. The van der Waals surface area contributed by atoms with E-state index in [1.54, 1.807) is 39.6 Å². The van der Waals surface area contributed by atoms with E-state index in [1.807, 2.05) is 53.7 Å². The molecule has 3 N–H and O–H groups in total. The molecule has 0 spiro atoms. The van der Waals surface area contributed by atoms with Crippen molar-refractivity contribution in [3.05, 3.63) is 70.3 Å². The molecule has 1 amide bonds. The quantitative estimate of drug-likeness (QED) is 0.0625. The Hall–Kier alpha value is -5.37. The van der Waals surface area contributed by atoms with Gasteiger partial charge in [0, 0.05) is 50.7 Å². The molecule has 6 atom stereocenters. The summed E-state index contributed by atoms with van der Waals surface area (Å²) < 4.78 is 39.6. The molecular weight excluding hydrogens is 1180 g/mol. The lowest BCUT2D eigenvalue weighted by atomic mass is 9.43. The number of ether oxygens (including phenoxy) is 3. The van der Waals surface area contributed by atoms with Crippen LogP contribution in [-0.2, 0) is 67.1 Å². The molecule has 7 aliphatic rings. The van der Waals surface area contributed by atoms with Crippen LogP contribution in [0.2, 0.25) is 11.6 Å². The van der Waals surface area contributed by atoms with E-state index in [2.05, 4.69) is 57.1 Å². The molecule has 0 radical (unpaired) electrons. The second kappa shape index (κ2) is 28.6. The number of hydrogen-bond acceptors (Lipinski definition) is 19. The Morgan fingerprint density at radius 1 is 0.828 bits per heavy atom. The number of Topliss-reactive ketones (excluding diaryl/α,β-unsaturated/α-hetero) is 2. The number of nitrogens with one attached hydrogen (secondary N) is 1. The van der Waals surface area contributed by atoms with Gasteiger partial charge >= 0.3 is 37.2 Å². The normalized spacial score (nSPS) is 22.8. The number of hydrogen-bond donors (Lipinski definition) is 3. The summed E-state index contributed by atoms with van der Waals surface area (Å²) in [4.78, 5) is 64.8. The van der Waals surface area contributed by atoms with Gasteiger partial charge in [-0.1, -0.05) is 38.1 Å². The van der Waals surface area contributed by atoms with E-state index in [1.165, 1.54) is 6.07 Å². The summed E-state index contributed by atoms with van der Waals surface area (Å²) in [6.45, 7) is 22.3. The molecule has 2 aromatic heterocycles. The van der Waals surface area contributed by atoms with Crippen LogP contribution < -0.4 is 14.7 Å². The van der Waals surface area contributed by atoms with Gasteiger partial charge in [-0.05, 0) is 186 Å². The van der Waals surface area contributed by atoms with Crippen LogP contribution in [0.4, 0.5) is 4.79 Å². The molecule has 6 fully saturated rings. The van der Waals surface area contributed by atoms with Gasteiger partial charge in [0.05, 0.1) is 37.2 Å². The van der Waals surface area contributed by atoms with E-state index < -0.39 is 53.8 Å². The molecule has 4 aliphatic heterocycles. The van der Waals surface area contributed by atoms with Crippen LogP contribution in [0.15, 0.2) is 36.4 Å². The SMILES string of the molecule is COc1c(C[C@H](CC(=O)Cc2nnnn2CC2CCN(C(=O)OC(C)(C)C)CC2)B2O[C@@H]3C[C@@H]4C[C@@H](C4(C)C)[C@]3(C)O2)cccc1C(=O)OC(C)(C)C.ClB(Cl)Cl.O=C(Cc1nnnn1CC1CCNCC1)C[C@H]1Cc2cccc(C(=O)O)c2OB1O. The summed E-state index contributed by atoms with van der Waals surface area (Å²) in [5.74, 6) is 0.771. The number of tetrazole rings is 2. The molecule has 0 unspecified atom stereocenters. The van der Waals surface area contributed by atoms with Crippen LogP contribution in [0.25, 0.3) is 0 Å². The Balaban J connectivity index is 0.000000242. The van der Waals surface area contributed by atoms with E-state index in [0.717, 1.165) is 57.2 Å². The monoisotopic (exact) mass is 1260 g/mol. The first-order valence-corrected chi connectivity index (χ1v) is 31.4. The maximum absolute atomic E-state index is 14.0. The van der Waals surface area contributed by atoms with Crippen LogP contribution in [-0.4, -0.2) is 160 Å². The highest BCUT2D eigenvalue weighted by Gasteiger charge is 2.68. The highest BCUT2D eigenvalue weighted by Crippen LogP contribution is 2.66. The minimum absolute atomic E-state index is 0.00779. The second-order valence-corrected chi connectivity index (χ2v) is 28.6. The fourth-order valence-electron chi connectivity index (χ4n) is 13.2. The standard InChI is InChI=1S/C39H58BN5O8.C19H24BN5O5.BCl3/c1-36(2,3)50-34(47)29-13-11-12-25(33(29)49-10)18-27(40-52-31-20-26-19-30(38(26,7)8)39(31,9)53-40)21-28(46)22-32-41-42-43-45(32)23-24-14-16-44(17-15-24)35(48)51-37(4,5)6;26-15(10-17-22-23-24-25(17)11-12-4-6-21-7-5-12)9-14-8-13-2-1-3-16(19(27)28)18(13)30-20(14)29;2-1(3)4/h11-13,24,26-27,30-31H,14-23H2,1-10H3;1-3,12,14,21,29H,4-11H2,(H,27,28);/t26-,27+,30-,31+,39-;14-;/m01./s1. The first kappa shape index (κ1) is 67.6. The number of likely N-dealkylation sites (tertiary alicyclic amines) is 1. The van der Waals surface area contributed by atoms with Crippen LogP contribution in [0.5, 0.6) is 11.5 Å². The predicted octanol–water partition coefficient (Wildman–Crippen LogP) is 8.17. The zero-order chi connectivity index (χ0) is 63.2. The lowest BCUT2D eigenvalue weighted by Crippen LogP contribution is -2.65. The number of rotatable bonds is 18. The number of carboxylic acid groups (broad SMARTS) is 1. The van der Waals surface area contributed by atoms with Crippen molar-refractivity contribution < 1.29 is 62.3 Å². The van der Waals surface area contributed by atoms with Crippen molar-refractivity contribution >= 4 is 83.2 Å². The Labute approximate surface area is 524 Å². The number of aromatic nitrogens is 8. The van der Waals surface area contributed by atoms with Crippen molar-refractivity contribution in [3.8, 4) is 11.5 Å². The van der Waals surface area contributed by atoms with Crippen molar-refractivity contribution in [1.82, 2.24) is 50.6 Å². The maximum atomic E-state index is 14.0. The number of esters is 1. The average Bonchev–Trinajstić information content (AvgIpc) is 1.67. The number of halogens is 3. The van der Waals surface area contributed by atoms with E-state index in [-0.39, 0.29) is 77.9 Å². The Kier molecular flexibility index (Phi) is 22.2. The average molecular weight is 1270 g/mol. The van der Waals surface area contributed by atoms with E-state index in [0.29, 0.717) is 85.3 Å². The van der Waals surface area contributed by atoms with Crippen molar-refractivity contribution in [1.29, 1.82) is 0 Å². The number of carbonyl (C=O) groups is 5. The van der Waals surface area contributed by atoms with Crippen LogP contribution in [0.3, 0.4) is 0 Å². The number of amides is 1. The molecule has 4 aromatic rings. The van der Waals surface area contributed by atoms with E-state index >= 15 is 0 Å². The fraction of sp³-hybridized carbons (Fsp3) is 0.672. The minimum atomic E-state index is -1.24. The third-order valence-corrected chi connectivity index (χ3v) is 17.7. The number of benzene rings is 2. The molecule has 2 aromatic carbocycles. The molecule has 23 nitrogen and oxygen atoms in total. The third kappa shape index (κ3) is 17.3. The lowest BCUT2D eigenvalue weighted by Gasteiger charge is -2.64. The van der Waals surface area contributed by atoms with Gasteiger partial charge in [0.1, 0.15) is 39.8 Å². The molecular formula is C58H82B3Cl3N10O13. The molecule has 3 saturated heterocycles. The summed E-state index contributed by atoms with van der Waals surface area (Å²) in [6.07, 6.45) is 6.53. The second-order valence-electron chi connectivity index (χ2n) is 26.6. The van der Waals surface area contributed by atoms with Gasteiger partial charge in [0.15, 0.2) is 11.6 Å². The van der Waals surface area contributed by atoms with E-state index in [4.69, 9.17) is 62.6 Å². The summed E-state index contributed by atoms with van der Waals surface area (Å²) in [5, 5.41) is 47.1. The number of aromatic carboxylic acids is 1. The van der Waals surface area contributed by atoms with Gasteiger partial charge in [-0.3, -0.25) is 9.59 Å². The molecule has 29 heteroatoms. The minimum Gasteiger partial charge on any atom is -0.535 e. The number of ketones is 2. The first-order valence-electron chi connectivity index (χ1n) is 30.1. The van der Waals surface area contributed by atoms with Crippen LogP contribution >= 0.6 is 34.4 Å². The van der Waals surface area contributed by atoms with Gasteiger partial charge in [-0.2, -0.15) is 34.4 Å². The van der Waals surface area contributed by atoms with Gasteiger partial charge in [-0.25, -0.2) is 23.7 Å². The third-order valence-electron chi connectivity index (χ3n) is 17.7. The number of carbonyl (C=O) groups excluding carboxylic acids is 4. The topological polar surface area (TPSA) is 284 Å². The zero-order valence-corrected chi connectivity index (χ0v) is 53.8. The zero-order valence-electron chi connectivity index (χ0n) is 51.5. The highest BCUT2D eigenvalue weighted by atomic mass is 35.6. The summed E-state index contributed by atoms with van der Waals surface area (Å²) in [6, 6.07) is 10.3. The van der Waals surface area contributed by atoms with Crippen molar-refractivity contribution in [2.24, 2.45) is 29.1 Å². The molecule has 3 saturated carbocycles. The van der Waals surface area contributed by atoms with Crippen LogP contribution in [0, 0.1) is 29.1 Å². The molecule has 2 bridgehead atoms. The largest absolute Gasteiger partial charge is 0.535 e. The number of carboxylic acids is 1. The Bertz CT molecular complexity index is 3060. The van der Waals surface area contributed by atoms with Crippen molar-refractivity contribution in [2.75, 3.05) is 33.3 Å². The number of fused-ring (bicyclic) bond motifs is 1. The number of piperidine rings is 2. The first-order chi connectivity index (χ1) is 41.0. The lowest BCUT2D eigenvalue weighted by molar-refractivity contribution is -0.199. The number of nitrogens with zero attached hydrogens (tertiary/aromatic N) is 9. The Morgan fingerprint density at radius 3 is 2.00 bits per heavy atom. The van der Waals surface area contributed by atoms with Gasteiger partial charge in [0.25, 0.3) is 0 Å². The van der Waals surface area contributed by atoms with Gasteiger partial charge in [0.2, 0.25) is 0 Å². The Morgan fingerprint density at radius 2 is 1.41 bits per heavy atom. The number of para-hydroxylation sites is 2. The van der Waals surface area contributed by atoms with Crippen molar-refractivity contribution in [3.63, 3.8) is 0 Å². The molecule has 6 heterocycles. The van der Waals surface area contributed by atoms with E-state index in [9.17, 15) is 34.1 Å². The predicted molar refractivity (Wildman–Crippen MR) is 327 cm³/mol. The maximum Gasteiger partial charge on any atom is 0.526 e.